The normalized spacial score (nSPS) is 20.9. The van der Waals surface area contributed by atoms with Crippen molar-refractivity contribution in [2.24, 2.45) is 5.73 Å². The zero-order valence-corrected chi connectivity index (χ0v) is 11.2. The van der Waals surface area contributed by atoms with Gasteiger partial charge in [-0.1, -0.05) is 0 Å². The summed E-state index contributed by atoms with van der Waals surface area (Å²) in [4.78, 5) is 11.5. The number of halogens is 3. The summed E-state index contributed by atoms with van der Waals surface area (Å²) in [6.45, 7) is 2.91. The monoisotopic (exact) mass is 282 g/mol. The Bertz CT molecular complexity index is 319. The second kappa shape index (κ2) is 6.09. The Kier molecular flexibility index (Phi) is 5.20. The first-order valence-electron chi connectivity index (χ1n) is 6.38. The van der Waals surface area contributed by atoms with Crippen LogP contribution in [0.15, 0.2) is 0 Å². The molecule has 4 nitrogen and oxygen atoms in total. The lowest BCUT2D eigenvalue weighted by atomic mass is 9.93. The molecule has 1 aliphatic carbocycles. The van der Waals surface area contributed by atoms with Gasteiger partial charge < -0.3 is 15.8 Å². The van der Waals surface area contributed by atoms with Gasteiger partial charge in [0.1, 0.15) is 0 Å². The predicted octanol–water partition coefficient (Wildman–Crippen LogP) is 1.73. The van der Waals surface area contributed by atoms with Crippen LogP contribution >= 0.6 is 0 Å². The van der Waals surface area contributed by atoms with Crippen LogP contribution in [0.3, 0.4) is 0 Å². The van der Waals surface area contributed by atoms with E-state index in [0.29, 0.717) is 0 Å². The summed E-state index contributed by atoms with van der Waals surface area (Å²) in [5.41, 5.74) is 4.42. The molecule has 0 radical (unpaired) electrons. The summed E-state index contributed by atoms with van der Waals surface area (Å²) in [7, 11) is 0. The lowest BCUT2D eigenvalue weighted by molar-refractivity contribution is -0.150. The van der Waals surface area contributed by atoms with E-state index in [9.17, 15) is 18.0 Å². The van der Waals surface area contributed by atoms with E-state index < -0.39 is 36.8 Å². The molecule has 0 spiro atoms. The van der Waals surface area contributed by atoms with Crippen LogP contribution < -0.4 is 11.1 Å². The zero-order valence-electron chi connectivity index (χ0n) is 11.2. The molecule has 0 aromatic carbocycles. The molecule has 1 saturated carbocycles. The molecule has 7 heteroatoms. The third kappa shape index (κ3) is 6.24. The second-order valence-corrected chi connectivity index (χ2v) is 5.37. The summed E-state index contributed by atoms with van der Waals surface area (Å²) < 4.78 is 41.1. The van der Waals surface area contributed by atoms with Crippen molar-refractivity contribution >= 4 is 5.91 Å². The van der Waals surface area contributed by atoms with Gasteiger partial charge in [0.05, 0.1) is 24.7 Å². The van der Waals surface area contributed by atoms with Crippen LogP contribution in [0.5, 0.6) is 0 Å². The molecule has 0 aliphatic heterocycles. The quantitative estimate of drug-likeness (QED) is 0.712. The average molecular weight is 282 g/mol. The Balaban J connectivity index is 2.38. The van der Waals surface area contributed by atoms with Crippen molar-refractivity contribution in [3.05, 3.63) is 0 Å². The third-order valence-electron chi connectivity index (χ3n) is 3.13. The molecule has 0 saturated heterocycles. The van der Waals surface area contributed by atoms with E-state index in [1.54, 1.807) is 13.8 Å². The topological polar surface area (TPSA) is 64.3 Å². The largest absolute Gasteiger partial charge is 0.391 e. The highest BCUT2D eigenvalue weighted by atomic mass is 19.4. The number of carbonyl (C=O) groups excluding carboxylic acids is 1. The van der Waals surface area contributed by atoms with Crippen LogP contribution in [-0.4, -0.2) is 36.4 Å². The molecule has 0 aromatic rings. The fourth-order valence-electron chi connectivity index (χ4n) is 1.92. The number of carbonyl (C=O) groups is 1. The van der Waals surface area contributed by atoms with E-state index in [0.717, 1.165) is 12.8 Å². The Morgan fingerprint density at radius 2 is 2.05 bits per heavy atom. The summed E-state index contributed by atoms with van der Waals surface area (Å²) in [6.07, 6.45) is -3.43. The number of nitrogens with one attached hydrogen (secondary N) is 1. The number of primary amides is 1. The van der Waals surface area contributed by atoms with Gasteiger partial charge in [0.2, 0.25) is 5.91 Å². The lowest BCUT2D eigenvalue weighted by Crippen LogP contribution is -2.55. The summed E-state index contributed by atoms with van der Waals surface area (Å²) in [5, 5.41) is 3.13. The highest BCUT2D eigenvalue weighted by Gasteiger charge is 2.38. The SMILES string of the molecule is CC(CC(C)(NC1CC1)C(N)=O)OCCC(F)(F)F. The summed E-state index contributed by atoms with van der Waals surface area (Å²) >= 11 is 0. The van der Waals surface area contributed by atoms with Gasteiger partial charge in [0, 0.05) is 12.5 Å². The van der Waals surface area contributed by atoms with Crippen molar-refractivity contribution in [2.75, 3.05) is 6.61 Å². The summed E-state index contributed by atoms with van der Waals surface area (Å²) in [6, 6.07) is 0.278. The van der Waals surface area contributed by atoms with Crippen LogP contribution in [0.1, 0.15) is 39.5 Å². The molecule has 0 heterocycles. The maximum atomic E-state index is 12.0. The molecule has 2 unspecified atom stereocenters. The Hall–Kier alpha value is -0.820. The van der Waals surface area contributed by atoms with Crippen LogP contribution in [0.25, 0.3) is 0 Å². The number of alkyl halides is 3. The number of ether oxygens (including phenoxy) is 1. The van der Waals surface area contributed by atoms with Crippen molar-refractivity contribution in [1.29, 1.82) is 0 Å². The Morgan fingerprint density at radius 1 is 1.47 bits per heavy atom. The smallest absolute Gasteiger partial charge is 0.378 e. The molecule has 1 rings (SSSR count). The van der Waals surface area contributed by atoms with Crippen molar-refractivity contribution in [3.63, 3.8) is 0 Å². The molecular formula is C12H21F3N2O2. The molecule has 1 amide bonds. The molecule has 112 valence electrons. The lowest BCUT2D eigenvalue weighted by Gasteiger charge is -2.30. The Labute approximate surface area is 110 Å². The van der Waals surface area contributed by atoms with Crippen molar-refractivity contribution < 1.29 is 22.7 Å². The van der Waals surface area contributed by atoms with E-state index in [1.165, 1.54) is 0 Å². The fraction of sp³-hybridized carbons (Fsp3) is 0.917. The standard InChI is InChI=1S/C12H21F3N2O2/c1-8(19-6-5-12(13,14)15)7-11(2,10(16)18)17-9-3-4-9/h8-9,17H,3-7H2,1-2H3,(H2,16,18). The third-order valence-corrected chi connectivity index (χ3v) is 3.13. The number of nitrogens with two attached hydrogens (primary N) is 1. The van der Waals surface area contributed by atoms with Gasteiger partial charge in [-0.2, -0.15) is 13.2 Å². The minimum absolute atomic E-state index is 0.261. The van der Waals surface area contributed by atoms with E-state index in [1.807, 2.05) is 0 Å². The van der Waals surface area contributed by atoms with Crippen LogP contribution in [0.2, 0.25) is 0 Å². The predicted molar refractivity (Wildman–Crippen MR) is 64.5 cm³/mol. The second-order valence-electron chi connectivity index (χ2n) is 5.37. The summed E-state index contributed by atoms with van der Waals surface area (Å²) in [5.74, 6) is -0.509. The highest BCUT2D eigenvalue weighted by molar-refractivity contribution is 5.84. The van der Waals surface area contributed by atoms with Gasteiger partial charge >= 0.3 is 6.18 Å². The minimum Gasteiger partial charge on any atom is -0.378 e. The Morgan fingerprint density at radius 3 is 2.47 bits per heavy atom. The molecule has 0 aromatic heterocycles. The van der Waals surface area contributed by atoms with E-state index in [-0.39, 0.29) is 12.5 Å². The van der Waals surface area contributed by atoms with Crippen LogP contribution in [0.4, 0.5) is 13.2 Å². The first-order valence-corrected chi connectivity index (χ1v) is 6.38. The molecule has 1 aliphatic rings. The van der Waals surface area contributed by atoms with E-state index in [4.69, 9.17) is 10.5 Å². The van der Waals surface area contributed by atoms with E-state index >= 15 is 0 Å². The van der Waals surface area contributed by atoms with Gasteiger partial charge in [-0.3, -0.25) is 4.79 Å². The molecule has 19 heavy (non-hydrogen) atoms. The number of amides is 1. The van der Waals surface area contributed by atoms with Gasteiger partial charge in [0.15, 0.2) is 0 Å². The molecule has 1 fully saturated rings. The average Bonchev–Trinajstić information content (AvgIpc) is 2.98. The van der Waals surface area contributed by atoms with E-state index in [2.05, 4.69) is 5.32 Å². The van der Waals surface area contributed by atoms with Crippen molar-refractivity contribution in [3.8, 4) is 0 Å². The van der Waals surface area contributed by atoms with Gasteiger partial charge in [-0.05, 0) is 26.7 Å². The molecule has 3 N–H and O–H groups in total. The molecular weight excluding hydrogens is 261 g/mol. The maximum Gasteiger partial charge on any atom is 0.391 e. The fourth-order valence-corrected chi connectivity index (χ4v) is 1.92. The van der Waals surface area contributed by atoms with Gasteiger partial charge in [-0.25, -0.2) is 0 Å². The number of hydrogen-bond donors (Lipinski definition) is 2. The van der Waals surface area contributed by atoms with Crippen molar-refractivity contribution in [1.82, 2.24) is 5.32 Å². The van der Waals surface area contributed by atoms with Crippen molar-refractivity contribution in [2.45, 2.75) is 63.4 Å². The molecule has 0 bridgehead atoms. The first-order chi connectivity index (χ1) is 8.62. The minimum atomic E-state index is -4.22. The zero-order chi connectivity index (χ0) is 14.7. The number of hydrogen-bond acceptors (Lipinski definition) is 3. The highest BCUT2D eigenvalue weighted by Crippen LogP contribution is 2.26. The van der Waals surface area contributed by atoms with Crippen LogP contribution in [0, 0.1) is 0 Å². The molecule has 2 atom stereocenters. The number of rotatable bonds is 8. The first kappa shape index (κ1) is 16.2. The maximum absolute atomic E-state index is 12.0. The van der Waals surface area contributed by atoms with Gasteiger partial charge in [-0.15, -0.1) is 0 Å². The van der Waals surface area contributed by atoms with Crippen LogP contribution in [-0.2, 0) is 9.53 Å². The van der Waals surface area contributed by atoms with Gasteiger partial charge in [0.25, 0.3) is 0 Å².